The highest BCUT2D eigenvalue weighted by atomic mass is 127. The van der Waals surface area contributed by atoms with Crippen LogP contribution in [0.3, 0.4) is 0 Å². The summed E-state index contributed by atoms with van der Waals surface area (Å²) in [6.45, 7) is 4.22. The predicted molar refractivity (Wildman–Crippen MR) is 81.6 cm³/mol. The molecule has 0 radical (unpaired) electrons. The molecule has 3 heteroatoms. The summed E-state index contributed by atoms with van der Waals surface area (Å²) < 4.78 is 1.22. The number of rotatable bonds is 3. The molecular formula is C14H15IOS. The number of halogens is 1. The van der Waals surface area contributed by atoms with Crippen molar-refractivity contribution < 1.29 is 5.11 Å². The summed E-state index contributed by atoms with van der Waals surface area (Å²) in [6, 6.07) is 8.44. The molecule has 1 nitrogen and oxygen atoms in total. The summed E-state index contributed by atoms with van der Waals surface area (Å²) in [4.78, 5) is 0. The van der Waals surface area contributed by atoms with E-state index < -0.39 is 6.10 Å². The Morgan fingerprint density at radius 2 is 2.00 bits per heavy atom. The van der Waals surface area contributed by atoms with E-state index in [0.29, 0.717) is 6.42 Å². The molecule has 1 aromatic heterocycles. The van der Waals surface area contributed by atoms with E-state index in [1.54, 1.807) is 11.3 Å². The fraction of sp³-hybridized carbons (Fsp3) is 0.286. The Kier molecular flexibility index (Phi) is 4.22. The van der Waals surface area contributed by atoms with Gasteiger partial charge in [0.2, 0.25) is 0 Å². The summed E-state index contributed by atoms with van der Waals surface area (Å²) in [5, 5.41) is 12.2. The van der Waals surface area contributed by atoms with Gasteiger partial charge in [0.15, 0.2) is 0 Å². The summed E-state index contributed by atoms with van der Waals surface area (Å²) in [5.74, 6) is 0. The number of thiophene rings is 1. The molecule has 0 aliphatic carbocycles. The molecule has 0 bridgehead atoms. The molecule has 1 unspecified atom stereocenters. The normalized spacial score (nSPS) is 12.7. The Hall–Kier alpha value is -0.390. The Morgan fingerprint density at radius 3 is 2.59 bits per heavy atom. The molecule has 0 aliphatic heterocycles. The zero-order valence-corrected chi connectivity index (χ0v) is 12.9. The molecule has 0 saturated carbocycles. The number of hydrogen-bond acceptors (Lipinski definition) is 2. The molecule has 2 rings (SSSR count). The van der Waals surface area contributed by atoms with Crippen molar-refractivity contribution in [1.29, 1.82) is 0 Å². The van der Waals surface area contributed by atoms with Crippen LogP contribution in [-0.2, 0) is 6.42 Å². The van der Waals surface area contributed by atoms with Gasteiger partial charge in [-0.25, -0.2) is 0 Å². The van der Waals surface area contributed by atoms with Gasteiger partial charge in [0.1, 0.15) is 0 Å². The molecule has 1 aromatic carbocycles. The lowest BCUT2D eigenvalue weighted by Gasteiger charge is -2.10. The van der Waals surface area contributed by atoms with E-state index in [4.69, 9.17) is 0 Å². The fourth-order valence-electron chi connectivity index (χ4n) is 1.77. The van der Waals surface area contributed by atoms with E-state index in [9.17, 15) is 5.11 Å². The van der Waals surface area contributed by atoms with Gasteiger partial charge in [0.05, 0.1) is 8.99 Å². The number of benzene rings is 1. The van der Waals surface area contributed by atoms with Gasteiger partial charge in [-0.15, -0.1) is 11.3 Å². The van der Waals surface area contributed by atoms with Crippen LogP contribution in [0.15, 0.2) is 29.6 Å². The second-order valence-electron chi connectivity index (χ2n) is 4.32. The van der Waals surface area contributed by atoms with E-state index in [2.05, 4.69) is 60.7 Å². The first kappa shape index (κ1) is 13.1. The first-order valence-corrected chi connectivity index (χ1v) is 7.50. The minimum Gasteiger partial charge on any atom is -0.388 e. The number of aliphatic hydroxyl groups is 1. The highest BCUT2D eigenvalue weighted by Gasteiger charge is 2.10. The van der Waals surface area contributed by atoms with Gasteiger partial charge in [-0.3, -0.25) is 0 Å². The second kappa shape index (κ2) is 5.50. The third-order valence-corrected chi connectivity index (χ3v) is 4.78. The van der Waals surface area contributed by atoms with Gasteiger partial charge in [-0.1, -0.05) is 18.2 Å². The van der Waals surface area contributed by atoms with E-state index in [1.165, 1.54) is 19.6 Å². The summed E-state index contributed by atoms with van der Waals surface area (Å²) in [6.07, 6.45) is 0.297. The van der Waals surface area contributed by atoms with Crippen LogP contribution in [0.5, 0.6) is 0 Å². The van der Waals surface area contributed by atoms with Crippen LogP contribution in [0.2, 0.25) is 0 Å². The largest absolute Gasteiger partial charge is 0.388 e. The van der Waals surface area contributed by atoms with Gasteiger partial charge < -0.3 is 5.11 Å². The first-order valence-electron chi connectivity index (χ1n) is 5.54. The van der Waals surface area contributed by atoms with Crippen molar-refractivity contribution in [3.05, 3.63) is 54.8 Å². The highest BCUT2D eigenvalue weighted by molar-refractivity contribution is 14.1. The quantitative estimate of drug-likeness (QED) is 0.814. The lowest BCUT2D eigenvalue weighted by molar-refractivity contribution is 0.179. The standard InChI is InChI=1S/C14H15IOS/c1-9-3-4-11(5-10(9)2)6-13(16)12-7-14(15)17-8-12/h3-5,7-8,13,16H,6H2,1-2H3. The zero-order chi connectivity index (χ0) is 12.4. The molecule has 1 atom stereocenters. The number of aliphatic hydroxyl groups excluding tert-OH is 1. The fourth-order valence-corrected chi connectivity index (χ4v) is 3.19. The molecule has 17 heavy (non-hydrogen) atoms. The first-order chi connectivity index (χ1) is 8.06. The van der Waals surface area contributed by atoms with Crippen LogP contribution in [0.25, 0.3) is 0 Å². The molecule has 2 aromatic rings. The predicted octanol–water partition coefficient (Wildman–Crippen LogP) is 4.25. The van der Waals surface area contributed by atoms with Crippen molar-refractivity contribution in [3.63, 3.8) is 0 Å². The van der Waals surface area contributed by atoms with Crippen LogP contribution in [0.1, 0.15) is 28.4 Å². The topological polar surface area (TPSA) is 20.2 Å². The van der Waals surface area contributed by atoms with Gasteiger partial charge in [0.25, 0.3) is 0 Å². The molecule has 0 amide bonds. The van der Waals surface area contributed by atoms with Gasteiger partial charge in [-0.2, -0.15) is 0 Å². The third-order valence-electron chi connectivity index (χ3n) is 2.97. The van der Waals surface area contributed by atoms with E-state index in [-0.39, 0.29) is 0 Å². The van der Waals surface area contributed by atoms with Gasteiger partial charge >= 0.3 is 0 Å². The molecule has 90 valence electrons. The van der Waals surface area contributed by atoms with Crippen LogP contribution in [0, 0.1) is 16.7 Å². The van der Waals surface area contributed by atoms with E-state index in [1.807, 2.05) is 5.38 Å². The maximum atomic E-state index is 10.2. The molecule has 0 spiro atoms. The molecular weight excluding hydrogens is 343 g/mol. The molecule has 0 aliphatic rings. The molecule has 0 fully saturated rings. The van der Waals surface area contributed by atoms with Crippen LogP contribution in [0.4, 0.5) is 0 Å². The van der Waals surface area contributed by atoms with E-state index in [0.717, 1.165) is 5.56 Å². The van der Waals surface area contributed by atoms with Crippen molar-refractivity contribution in [2.45, 2.75) is 26.4 Å². The maximum Gasteiger partial charge on any atom is 0.0838 e. The van der Waals surface area contributed by atoms with Crippen LogP contribution < -0.4 is 0 Å². The van der Waals surface area contributed by atoms with Gasteiger partial charge in [0, 0.05) is 6.42 Å². The van der Waals surface area contributed by atoms with Crippen molar-refractivity contribution in [2.75, 3.05) is 0 Å². The summed E-state index contributed by atoms with van der Waals surface area (Å²) in [7, 11) is 0. The van der Waals surface area contributed by atoms with Crippen molar-refractivity contribution in [2.24, 2.45) is 0 Å². The Balaban J connectivity index is 2.12. The molecule has 0 saturated heterocycles. The molecule has 1 heterocycles. The number of hydrogen-bond donors (Lipinski definition) is 1. The monoisotopic (exact) mass is 358 g/mol. The lowest BCUT2D eigenvalue weighted by Crippen LogP contribution is -2.01. The minimum atomic E-state index is -0.392. The summed E-state index contributed by atoms with van der Waals surface area (Å²) >= 11 is 3.96. The maximum absolute atomic E-state index is 10.2. The lowest BCUT2D eigenvalue weighted by atomic mass is 10.00. The summed E-state index contributed by atoms with van der Waals surface area (Å²) in [5.41, 5.74) is 4.81. The SMILES string of the molecule is Cc1ccc(CC(O)c2csc(I)c2)cc1C. The van der Waals surface area contributed by atoms with Gasteiger partial charge in [-0.05, 0) is 70.1 Å². The second-order valence-corrected chi connectivity index (χ2v) is 7.13. The smallest absolute Gasteiger partial charge is 0.0838 e. The van der Waals surface area contributed by atoms with E-state index >= 15 is 0 Å². The minimum absolute atomic E-state index is 0.392. The van der Waals surface area contributed by atoms with Crippen LogP contribution >= 0.6 is 33.9 Å². The highest BCUT2D eigenvalue weighted by Crippen LogP contribution is 2.25. The Bertz CT molecular complexity index is 519. The number of aryl methyl sites for hydroxylation is 2. The average Bonchev–Trinajstić information content (AvgIpc) is 2.70. The van der Waals surface area contributed by atoms with Crippen LogP contribution in [-0.4, -0.2) is 5.11 Å². The van der Waals surface area contributed by atoms with Crippen molar-refractivity contribution in [1.82, 2.24) is 0 Å². The Labute approximate surface area is 120 Å². The zero-order valence-electron chi connectivity index (χ0n) is 9.90. The Morgan fingerprint density at radius 1 is 1.24 bits per heavy atom. The van der Waals surface area contributed by atoms with Crippen molar-refractivity contribution in [3.8, 4) is 0 Å². The third kappa shape index (κ3) is 3.30. The average molecular weight is 358 g/mol. The van der Waals surface area contributed by atoms with Crippen molar-refractivity contribution >= 4 is 33.9 Å². The molecule has 1 N–H and O–H groups in total.